The third kappa shape index (κ3) is 4.00. The minimum Gasteiger partial charge on any atom is -0.310 e. The molecule has 0 heterocycles. The molecule has 1 aromatic carbocycles. The van der Waals surface area contributed by atoms with E-state index in [-0.39, 0.29) is 6.67 Å². The van der Waals surface area contributed by atoms with Crippen molar-refractivity contribution in [2.24, 2.45) is 0 Å². The summed E-state index contributed by atoms with van der Waals surface area (Å²) >= 11 is 0. The van der Waals surface area contributed by atoms with Crippen LogP contribution in [-0.4, -0.2) is 13.2 Å². The van der Waals surface area contributed by atoms with E-state index < -0.39 is 0 Å². The van der Waals surface area contributed by atoms with Gasteiger partial charge in [-0.05, 0) is 37.4 Å². The summed E-state index contributed by atoms with van der Waals surface area (Å²) < 4.78 is 11.9. The number of halogens is 1. The Morgan fingerprint density at radius 2 is 1.93 bits per heavy atom. The Morgan fingerprint density at radius 3 is 2.47 bits per heavy atom. The summed E-state index contributed by atoms with van der Waals surface area (Å²) in [5, 5.41) is 3.30. The van der Waals surface area contributed by atoms with Crippen molar-refractivity contribution >= 4 is 0 Å². The summed E-state index contributed by atoms with van der Waals surface area (Å²) in [6, 6.07) is 8.91. The normalized spacial score (nSPS) is 12.7. The lowest BCUT2D eigenvalue weighted by molar-refractivity contribution is 0.446. The Balaban J connectivity index is 2.46. The third-order valence-corrected chi connectivity index (χ3v) is 2.65. The van der Waals surface area contributed by atoms with E-state index in [1.165, 1.54) is 11.1 Å². The molecule has 1 aromatic rings. The summed E-state index contributed by atoms with van der Waals surface area (Å²) in [5.74, 6) is 0. The molecule has 1 rings (SSSR count). The van der Waals surface area contributed by atoms with E-state index in [1.54, 1.807) is 0 Å². The van der Waals surface area contributed by atoms with Crippen LogP contribution >= 0.6 is 0 Å². The number of nitrogens with one attached hydrogen (secondary N) is 1. The summed E-state index contributed by atoms with van der Waals surface area (Å²) in [7, 11) is 0. The van der Waals surface area contributed by atoms with Crippen LogP contribution in [0.4, 0.5) is 4.39 Å². The molecule has 0 aliphatic heterocycles. The van der Waals surface area contributed by atoms with E-state index >= 15 is 0 Å². The largest absolute Gasteiger partial charge is 0.310 e. The number of alkyl halides is 1. The maximum absolute atomic E-state index is 11.9. The van der Waals surface area contributed by atoms with Gasteiger partial charge < -0.3 is 5.32 Å². The van der Waals surface area contributed by atoms with E-state index in [4.69, 9.17) is 0 Å². The van der Waals surface area contributed by atoms with Gasteiger partial charge in [-0.3, -0.25) is 4.39 Å². The Labute approximate surface area is 91.7 Å². The SMILES string of the molecule is CCc1ccc(C(C)NCCCF)cc1. The fourth-order valence-electron chi connectivity index (χ4n) is 1.55. The lowest BCUT2D eigenvalue weighted by Crippen LogP contribution is -2.20. The van der Waals surface area contributed by atoms with Crippen molar-refractivity contribution < 1.29 is 4.39 Å². The molecule has 0 aliphatic carbocycles. The average molecular weight is 209 g/mol. The molecule has 1 atom stereocenters. The maximum atomic E-state index is 11.9. The van der Waals surface area contributed by atoms with Gasteiger partial charge in [0.1, 0.15) is 0 Å². The van der Waals surface area contributed by atoms with E-state index in [0.717, 1.165) is 13.0 Å². The zero-order valence-corrected chi connectivity index (χ0v) is 9.59. The minimum absolute atomic E-state index is 0.242. The Morgan fingerprint density at radius 1 is 1.27 bits per heavy atom. The predicted molar refractivity (Wildman–Crippen MR) is 62.8 cm³/mol. The van der Waals surface area contributed by atoms with Crippen LogP contribution in [0.2, 0.25) is 0 Å². The van der Waals surface area contributed by atoms with Crippen molar-refractivity contribution in [3.8, 4) is 0 Å². The van der Waals surface area contributed by atoms with Crippen LogP contribution in [0.1, 0.15) is 37.4 Å². The van der Waals surface area contributed by atoms with Crippen molar-refractivity contribution in [1.82, 2.24) is 5.32 Å². The van der Waals surface area contributed by atoms with Gasteiger partial charge in [0.25, 0.3) is 0 Å². The lowest BCUT2D eigenvalue weighted by atomic mass is 10.1. The topological polar surface area (TPSA) is 12.0 Å². The summed E-state index contributed by atoms with van der Waals surface area (Å²) in [4.78, 5) is 0. The van der Waals surface area contributed by atoms with Crippen LogP contribution in [0, 0.1) is 0 Å². The zero-order valence-electron chi connectivity index (χ0n) is 9.59. The highest BCUT2D eigenvalue weighted by atomic mass is 19.1. The number of aryl methyl sites for hydroxylation is 1. The van der Waals surface area contributed by atoms with Gasteiger partial charge in [0.15, 0.2) is 0 Å². The molecule has 0 amide bonds. The van der Waals surface area contributed by atoms with Crippen molar-refractivity contribution in [1.29, 1.82) is 0 Å². The van der Waals surface area contributed by atoms with Gasteiger partial charge in [0.2, 0.25) is 0 Å². The Hall–Kier alpha value is -0.890. The summed E-state index contributed by atoms with van der Waals surface area (Å²) in [6.07, 6.45) is 1.67. The van der Waals surface area contributed by atoms with Crippen LogP contribution in [-0.2, 0) is 6.42 Å². The molecular formula is C13H20FN. The molecule has 2 heteroatoms. The van der Waals surface area contributed by atoms with Gasteiger partial charge in [-0.25, -0.2) is 0 Å². The standard InChI is InChI=1S/C13H20FN/c1-3-12-5-7-13(8-6-12)11(2)15-10-4-9-14/h5-8,11,15H,3-4,9-10H2,1-2H3. The quantitative estimate of drug-likeness (QED) is 0.709. The van der Waals surface area contributed by atoms with Gasteiger partial charge in [-0.1, -0.05) is 31.2 Å². The number of rotatable bonds is 6. The van der Waals surface area contributed by atoms with E-state index in [2.05, 4.69) is 43.4 Å². The fraction of sp³-hybridized carbons (Fsp3) is 0.538. The van der Waals surface area contributed by atoms with Gasteiger partial charge in [0, 0.05) is 6.04 Å². The number of benzene rings is 1. The second-order valence-electron chi connectivity index (χ2n) is 3.81. The molecule has 0 aromatic heterocycles. The van der Waals surface area contributed by atoms with Crippen molar-refractivity contribution in [3.05, 3.63) is 35.4 Å². The van der Waals surface area contributed by atoms with Crippen molar-refractivity contribution in [2.45, 2.75) is 32.7 Å². The lowest BCUT2D eigenvalue weighted by Gasteiger charge is -2.13. The van der Waals surface area contributed by atoms with E-state index in [9.17, 15) is 4.39 Å². The van der Waals surface area contributed by atoms with E-state index in [0.29, 0.717) is 12.5 Å². The van der Waals surface area contributed by atoms with Crippen molar-refractivity contribution in [3.63, 3.8) is 0 Å². The first-order valence-corrected chi connectivity index (χ1v) is 5.66. The second kappa shape index (κ2) is 6.57. The molecule has 0 radical (unpaired) electrons. The van der Waals surface area contributed by atoms with Gasteiger partial charge in [-0.15, -0.1) is 0 Å². The molecule has 0 fully saturated rings. The Bertz CT molecular complexity index is 268. The minimum atomic E-state index is -0.242. The molecule has 0 aliphatic rings. The molecule has 0 bridgehead atoms. The second-order valence-corrected chi connectivity index (χ2v) is 3.81. The molecule has 1 unspecified atom stereocenters. The number of hydrogen-bond donors (Lipinski definition) is 1. The first-order chi connectivity index (χ1) is 7.27. The highest BCUT2D eigenvalue weighted by Gasteiger charge is 2.03. The average Bonchev–Trinajstić information content (AvgIpc) is 2.29. The zero-order chi connectivity index (χ0) is 11.1. The first kappa shape index (κ1) is 12.2. The predicted octanol–water partition coefficient (Wildman–Crippen LogP) is 3.26. The highest BCUT2D eigenvalue weighted by molar-refractivity contribution is 5.24. The monoisotopic (exact) mass is 209 g/mol. The fourth-order valence-corrected chi connectivity index (χ4v) is 1.55. The van der Waals surface area contributed by atoms with Crippen LogP contribution in [0.3, 0.4) is 0 Å². The summed E-state index contributed by atoms with van der Waals surface area (Å²) in [5.41, 5.74) is 2.63. The van der Waals surface area contributed by atoms with Crippen LogP contribution < -0.4 is 5.32 Å². The molecule has 0 saturated heterocycles. The van der Waals surface area contributed by atoms with Crippen LogP contribution in [0.25, 0.3) is 0 Å². The van der Waals surface area contributed by atoms with Gasteiger partial charge >= 0.3 is 0 Å². The van der Waals surface area contributed by atoms with Gasteiger partial charge in [0.05, 0.1) is 6.67 Å². The highest BCUT2D eigenvalue weighted by Crippen LogP contribution is 2.13. The molecule has 0 saturated carbocycles. The molecule has 15 heavy (non-hydrogen) atoms. The molecule has 0 spiro atoms. The first-order valence-electron chi connectivity index (χ1n) is 5.66. The maximum Gasteiger partial charge on any atom is 0.0906 e. The molecule has 1 N–H and O–H groups in total. The van der Waals surface area contributed by atoms with E-state index in [1.807, 2.05) is 0 Å². The third-order valence-electron chi connectivity index (χ3n) is 2.65. The Kier molecular flexibility index (Phi) is 5.33. The summed E-state index contributed by atoms with van der Waals surface area (Å²) in [6.45, 7) is 4.76. The molecule has 1 nitrogen and oxygen atoms in total. The van der Waals surface area contributed by atoms with Crippen LogP contribution in [0.15, 0.2) is 24.3 Å². The number of hydrogen-bond acceptors (Lipinski definition) is 1. The van der Waals surface area contributed by atoms with Gasteiger partial charge in [-0.2, -0.15) is 0 Å². The van der Waals surface area contributed by atoms with Crippen LogP contribution in [0.5, 0.6) is 0 Å². The smallest absolute Gasteiger partial charge is 0.0906 e. The molecule has 84 valence electrons. The van der Waals surface area contributed by atoms with Crippen molar-refractivity contribution in [2.75, 3.05) is 13.2 Å². The molecular weight excluding hydrogens is 189 g/mol.